The lowest BCUT2D eigenvalue weighted by Gasteiger charge is -2.16. The lowest BCUT2D eigenvalue weighted by atomic mass is 9.64. The zero-order valence-corrected chi connectivity index (χ0v) is 22.1. The largest absolute Gasteiger partial charge is 0.432 e. The van der Waals surface area contributed by atoms with Gasteiger partial charge in [0.25, 0.3) is 0 Å². The van der Waals surface area contributed by atoms with Crippen molar-refractivity contribution >= 4 is 34.3 Å². The highest BCUT2D eigenvalue weighted by molar-refractivity contribution is 6.88. The molecule has 29 heavy (non-hydrogen) atoms. The topological polar surface area (TPSA) is 17.3 Å². The Hall–Kier alpha value is -1.95. The van der Waals surface area contributed by atoms with Gasteiger partial charge in [-0.2, -0.15) is 0 Å². The molecule has 0 atom stereocenters. The Morgan fingerprint density at radius 3 is 1.86 bits per heavy atom. The molecule has 0 N–H and O–H groups in total. The fraction of sp³-hybridized carbons (Fsp3) is 0.458. The quantitative estimate of drug-likeness (QED) is 0.418. The van der Waals surface area contributed by atoms with E-state index in [9.17, 15) is 0 Å². The molecular weight excluding hydrogens is 383 g/mol. The molecule has 2 heterocycles. The summed E-state index contributed by atoms with van der Waals surface area (Å²) in [7, 11) is -3.01. The van der Waals surface area contributed by atoms with Crippen LogP contribution in [0.25, 0.3) is 5.57 Å². The van der Waals surface area contributed by atoms with Crippen LogP contribution in [0.4, 0.5) is 0 Å². The number of nitrogens with zero attached hydrogens (tertiary/aromatic N) is 2. The number of allylic oxidation sites excluding steroid dienone is 3. The number of aryl methyl sites for hydroxylation is 2. The lowest BCUT2D eigenvalue weighted by Crippen LogP contribution is -2.28. The van der Waals surface area contributed by atoms with Crippen LogP contribution >= 0.6 is 0 Å². The van der Waals surface area contributed by atoms with E-state index in [4.69, 9.17) is 4.99 Å². The van der Waals surface area contributed by atoms with Gasteiger partial charge in [0.1, 0.15) is 16.1 Å². The van der Waals surface area contributed by atoms with Gasteiger partial charge in [-0.25, -0.2) is 0 Å². The van der Waals surface area contributed by atoms with Crippen LogP contribution in [-0.4, -0.2) is 33.2 Å². The van der Waals surface area contributed by atoms with E-state index in [0.29, 0.717) is 0 Å². The third-order valence-electron chi connectivity index (χ3n) is 4.64. The van der Waals surface area contributed by atoms with Gasteiger partial charge in [-0.3, -0.25) is 4.99 Å². The standard InChI is InChI=1S/C24H35BN2Si2/c1-18-16-20(3)26-23(18)22(5)24-19(2)17-21(4)27(24)25(12-14-28(6,7)8)13-15-29(9,10)11/h16-17H,1-11H3/b23-22-. The van der Waals surface area contributed by atoms with Crippen LogP contribution in [0.1, 0.15) is 37.7 Å². The molecule has 0 saturated carbocycles. The van der Waals surface area contributed by atoms with Crippen LogP contribution in [0, 0.1) is 36.6 Å². The maximum atomic E-state index is 4.80. The van der Waals surface area contributed by atoms with Gasteiger partial charge < -0.3 is 4.48 Å². The molecule has 0 spiro atoms. The smallest absolute Gasteiger partial charge is 0.366 e. The predicted molar refractivity (Wildman–Crippen MR) is 137 cm³/mol. The Morgan fingerprint density at radius 1 is 0.931 bits per heavy atom. The molecule has 2 rings (SSSR count). The van der Waals surface area contributed by atoms with Gasteiger partial charge in [0, 0.05) is 17.1 Å². The summed E-state index contributed by atoms with van der Waals surface area (Å²) in [5, 5.41) is 0. The molecule has 1 aliphatic rings. The third kappa shape index (κ3) is 6.01. The zero-order chi connectivity index (χ0) is 22.1. The fourth-order valence-corrected chi connectivity index (χ4v) is 4.67. The first-order valence-electron chi connectivity index (χ1n) is 10.4. The van der Waals surface area contributed by atoms with Crippen molar-refractivity contribution in [3.8, 4) is 22.7 Å². The predicted octanol–water partition coefficient (Wildman–Crippen LogP) is 5.94. The van der Waals surface area contributed by atoms with Crippen molar-refractivity contribution in [1.29, 1.82) is 0 Å². The molecule has 1 aromatic rings. The number of aromatic nitrogens is 1. The number of hydrogen-bond donors (Lipinski definition) is 0. The summed E-state index contributed by atoms with van der Waals surface area (Å²) in [6, 6.07) is 2.25. The average Bonchev–Trinajstić information content (AvgIpc) is 3.03. The van der Waals surface area contributed by atoms with Crippen molar-refractivity contribution < 1.29 is 0 Å². The van der Waals surface area contributed by atoms with Gasteiger partial charge in [-0.05, 0) is 63.5 Å². The minimum absolute atomic E-state index is 0.122. The Kier molecular flexibility index (Phi) is 6.78. The summed E-state index contributed by atoms with van der Waals surface area (Å²) in [5.41, 5.74) is 15.4. The average molecular weight is 419 g/mol. The Morgan fingerprint density at radius 2 is 1.45 bits per heavy atom. The van der Waals surface area contributed by atoms with Crippen LogP contribution in [0.2, 0.25) is 39.3 Å². The first kappa shape index (κ1) is 23.3. The van der Waals surface area contributed by atoms with Crippen molar-refractivity contribution in [3.63, 3.8) is 0 Å². The van der Waals surface area contributed by atoms with Crippen LogP contribution in [0.3, 0.4) is 0 Å². The van der Waals surface area contributed by atoms with Crippen molar-refractivity contribution in [2.45, 2.75) is 73.9 Å². The first-order chi connectivity index (χ1) is 13.2. The Balaban J connectivity index is 2.76. The van der Waals surface area contributed by atoms with E-state index in [2.05, 4.69) is 113 Å². The number of hydrogen-bond acceptors (Lipinski definition) is 1. The highest BCUT2D eigenvalue weighted by Gasteiger charge is 2.24. The molecule has 0 saturated heterocycles. The zero-order valence-electron chi connectivity index (χ0n) is 20.1. The molecule has 1 aliphatic heterocycles. The van der Waals surface area contributed by atoms with Crippen LogP contribution in [-0.2, 0) is 0 Å². The van der Waals surface area contributed by atoms with E-state index in [0.717, 1.165) is 11.4 Å². The molecule has 2 nitrogen and oxygen atoms in total. The summed E-state index contributed by atoms with van der Waals surface area (Å²) < 4.78 is 2.34. The van der Waals surface area contributed by atoms with Gasteiger partial charge >= 0.3 is 6.85 Å². The second-order valence-electron chi connectivity index (χ2n) is 10.2. The molecule has 0 fully saturated rings. The van der Waals surface area contributed by atoms with Crippen molar-refractivity contribution in [2.24, 2.45) is 4.99 Å². The molecule has 0 unspecified atom stereocenters. The van der Waals surface area contributed by atoms with Gasteiger partial charge in [0.05, 0.1) is 5.70 Å². The van der Waals surface area contributed by atoms with Crippen LogP contribution in [0.15, 0.2) is 28.4 Å². The minimum atomic E-state index is -1.50. The van der Waals surface area contributed by atoms with E-state index in [-0.39, 0.29) is 6.85 Å². The monoisotopic (exact) mass is 418 g/mol. The van der Waals surface area contributed by atoms with Crippen LogP contribution in [0.5, 0.6) is 0 Å². The summed E-state index contributed by atoms with van der Waals surface area (Å²) in [5.74, 6) is 7.12. The van der Waals surface area contributed by atoms with E-state index in [1.165, 1.54) is 28.1 Å². The van der Waals surface area contributed by atoms with Gasteiger partial charge in [0.15, 0.2) is 0 Å². The summed E-state index contributed by atoms with van der Waals surface area (Å²) in [6.45, 7) is 24.3. The molecule has 0 bridgehead atoms. The third-order valence-corrected chi connectivity index (χ3v) is 6.43. The second-order valence-corrected chi connectivity index (χ2v) is 19.7. The molecule has 5 heteroatoms. The van der Waals surface area contributed by atoms with Gasteiger partial charge in [0.2, 0.25) is 0 Å². The highest BCUT2D eigenvalue weighted by atomic mass is 28.3. The van der Waals surface area contributed by atoms with Gasteiger partial charge in [-0.15, -0.1) is 22.7 Å². The minimum Gasteiger partial charge on any atom is -0.366 e. The van der Waals surface area contributed by atoms with Crippen molar-refractivity contribution in [3.05, 3.63) is 40.4 Å². The highest BCUT2D eigenvalue weighted by Crippen LogP contribution is 2.31. The number of aliphatic imine (C=N–C) groups is 1. The molecule has 0 aliphatic carbocycles. The van der Waals surface area contributed by atoms with E-state index >= 15 is 0 Å². The molecular formula is C24H35BN2Si2. The second kappa shape index (κ2) is 8.42. The summed E-state index contributed by atoms with van der Waals surface area (Å²) in [6.07, 6.45) is 2.15. The van der Waals surface area contributed by atoms with Crippen molar-refractivity contribution in [1.82, 2.24) is 4.48 Å². The summed E-state index contributed by atoms with van der Waals surface area (Å²) in [4.78, 5) is 4.80. The fourth-order valence-electron chi connectivity index (χ4n) is 3.53. The molecule has 152 valence electrons. The van der Waals surface area contributed by atoms with E-state index in [1.54, 1.807) is 0 Å². The molecule has 0 amide bonds. The Bertz CT molecular complexity index is 1000. The Labute approximate surface area is 180 Å². The van der Waals surface area contributed by atoms with Gasteiger partial charge in [-0.1, -0.05) is 39.3 Å². The maximum absolute atomic E-state index is 4.80. The normalized spacial score (nSPS) is 15.7. The maximum Gasteiger partial charge on any atom is 0.432 e. The first-order valence-corrected chi connectivity index (χ1v) is 17.4. The van der Waals surface area contributed by atoms with Crippen molar-refractivity contribution in [2.75, 3.05) is 0 Å². The van der Waals surface area contributed by atoms with E-state index in [1.807, 2.05) is 0 Å². The van der Waals surface area contributed by atoms with Crippen LogP contribution < -0.4 is 0 Å². The number of rotatable bonds is 2. The molecule has 0 aromatic carbocycles. The SMILES string of the molecule is CC1=CC(C)=N/C1=C(/C)c1c(C)cc(C)n1B(C#C[Si](C)(C)C)C#C[Si](C)(C)C. The van der Waals surface area contributed by atoms with E-state index < -0.39 is 16.1 Å². The lowest BCUT2D eigenvalue weighted by molar-refractivity contribution is 1.09. The molecule has 1 aromatic heterocycles. The molecule has 0 radical (unpaired) electrons. The summed E-state index contributed by atoms with van der Waals surface area (Å²) >= 11 is 0.